The van der Waals surface area contributed by atoms with Gasteiger partial charge in [0.25, 0.3) is 6.43 Å². The van der Waals surface area contributed by atoms with Gasteiger partial charge in [0.05, 0.1) is 10.6 Å². The molecule has 0 saturated heterocycles. The molecule has 0 spiro atoms. The van der Waals surface area contributed by atoms with E-state index >= 15 is 0 Å². The van der Waals surface area contributed by atoms with Gasteiger partial charge < -0.3 is 4.74 Å². The molecule has 1 fully saturated rings. The third kappa shape index (κ3) is 4.33. The largest absolute Gasteiger partial charge is 0.372 e. The first-order valence-corrected chi connectivity index (χ1v) is 11.8. The molecule has 170 valence electrons. The number of alkyl halides is 3. The Morgan fingerprint density at radius 1 is 1.41 bits per heavy atom. The van der Waals surface area contributed by atoms with Gasteiger partial charge in [-0.15, -0.1) is 10.2 Å². The molecule has 3 heterocycles. The van der Waals surface area contributed by atoms with Gasteiger partial charge >= 0.3 is 0 Å². The second kappa shape index (κ2) is 8.60. The van der Waals surface area contributed by atoms with Crippen molar-refractivity contribution in [2.45, 2.75) is 29.7 Å². The Balaban J connectivity index is 1.89. The van der Waals surface area contributed by atoms with Crippen LogP contribution in [0.3, 0.4) is 0 Å². The van der Waals surface area contributed by atoms with Crippen LogP contribution in [0.25, 0.3) is 16.3 Å². The number of ether oxygens (including phenoxy) is 1. The summed E-state index contributed by atoms with van der Waals surface area (Å²) >= 11 is 6.99. The van der Waals surface area contributed by atoms with E-state index in [0.717, 1.165) is 0 Å². The van der Waals surface area contributed by atoms with Crippen LogP contribution in [0.2, 0.25) is 5.02 Å². The van der Waals surface area contributed by atoms with Gasteiger partial charge in [-0.2, -0.15) is 0 Å². The molecule has 0 amide bonds. The second-order valence-corrected chi connectivity index (χ2v) is 10.1. The molecule has 1 aliphatic carbocycles. The van der Waals surface area contributed by atoms with Crippen LogP contribution < -0.4 is 4.72 Å². The summed E-state index contributed by atoms with van der Waals surface area (Å²) in [5.41, 5.74) is -0.681. The third-order valence-electron chi connectivity index (χ3n) is 4.68. The molecule has 0 atom stereocenters. The maximum Gasteiger partial charge on any atom is 0.291 e. The fraction of sp³-hybridized carbons (Fsp3) is 0.389. The first kappa shape index (κ1) is 22.9. The molecule has 1 saturated carbocycles. The average molecular weight is 506 g/mol. The van der Waals surface area contributed by atoms with E-state index in [1.165, 1.54) is 23.8 Å². The van der Waals surface area contributed by atoms with Crippen LogP contribution in [0, 0.1) is 11.8 Å². The highest BCUT2D eigenvalue weighted by Crippen LogP contribution is 2.38. The van der Waals surface area contributed by atoms with E-state index in [1.54, 1.807) is 0 Å². The Labute approximate surface area is 189 Å². The SMILES string of the molecule is COCC#Cc1nc(-c2nnc(C(F)F)s2)n2cc(S(=O)(=O)NC3(CF)CC3)cc(Cl)c12. The van der Waals surface area contributed by atoms with Crippen LogP contribution >= 0.6 is 22.9 Å². The molecule has 14 heteroatoms. The van der Waals surface area contributed by atoms with Crippen LogP contribution in [-0.4, -0.2) is 53.9 Å². The van der Waals surface area contributed by atoms with Crippen molar-refractivity contribution in [3.63, 3.8) is 0 Å². The minimum Gasteiger partial charge on any atom is -0.372 e. The topological polar surface area (TPSA) is 98.5 Å². The third-order valence-corrected chi connectivity index (χ3v) is 7.44. The molecule has 0 radical (unpaired) electrons. The Hall–Kier alpha value is -2.24. The maximum atomic E-state index is 13.2. The van der Waals surface area contributed by atoms with Gasteiger partial charge in [-0.3, -0.25) is 4.40 Å². The lowest BCUT2D eigenvalue weighted by atomic mass is 10.3. The average Bonchev–Trinajstić information content (AvgIpc) is 3.17. The van der Waals surface area contributed by atoms with E-state index in [1.807, 2.05) is 0 Å². The summed E-state index contributed by atoms with van der Waals surface area (Å²) in [5, 5.41) is 6.70. The number of nitrogens with one attached hydrogen (secondary N) is 1. The van der Waals surface area contributed by atoms with Crippen molar-refractivity contribution in [2.24, 2.45) is 0 Å². The number of fused-ring (bicyclic) bond motifs is 1. The van der Waals surface area contributed by atoms with Gasteiger partial charge in [-0.1, -0.05) is 28.9 Å². The Morgan fingerprint density at radius 3 is 2.75 bits per heavy atom. The second-order valence-electron chi connectivity index (χ2n) is 7.03. The number of sulfonamides is 1. The number of nitrogens with zero attached hydrogens (tertiary/aromatic N) is 4. The first-order valence-electron chi connectivity index (χ1n) is 9.11. The van der Waals surface area contributed by atoms with Crippen molar-refractivity contribution in [3.05, 3.63) is 28.0 Å². The lowest BCUT2D eigenvalue weighted by Gasteiger charge is -2.14. The van der Waals surface area contributed by atoms with Crippen molar-refractivity contribution >= 4 is 38.5 Å². The van der Waals surface area contributed by atoms with Crippen molar-refractivity contribution < 1.29 is 26.3 Å². The van der Waals surface area contributed by atoms with Crippen molar-refractivity contribution in [3.8, 4) is 22.7 Å². The number of hydrogen-bond acceptors (Lipinski definition) is 7. The Morgan fingerprint density at radius 2 is 2.16 bits per heavy atom. The molecule has 3 aromatic rings. The molecule has 4 rings (SSSR count). The molecule has 1 N–H and O–H groups in total. The fourth-order valence-corrected chi connectivity index (χ4v) is 5.40. The molecular formula is C18H15ClF3N5O3S2. The maximum absolute atomic E-state index is 13.2. The number of methoxy groups -OCH3 is 1. The highest BCUT2D eigenvalue weighted by Gasteiger charge is 2.46. The number of hydrogen-bond donors (Lipinski definition) is 1. The number of aromatic nitrogens is 4. The molecule has 0 bridgehead atoms. The van der Waals surface area contributed by atoms with Gasteiger partial charge in [-0.05, 0) is 24.8 Å². The van der Waals surface area contributed by atoms with Gasteiger partial charge in [0.15, 0.2) is 15.8 Å². The van der Waals surface area contributed by atoms with Crippen molar-refractivity contribution in [1.82, 2.24) is 24.3 Å². The molecule has 3 aromatic heterocycles. The van der Waals surface area contributed by atoms with E-state index in [2.05, 4.69) is 31.7 Å². The zero-order valence-electron chi connectivity index (χ0n) is 16.4. The summed E-state index contributed by atoms with van der Waals surface area (Å²) in [4.78, 5) is 4.08. The quantitative estimate of drug-likeness (QED) is 0.495. The highest BCUT2D eigenvalue weighted by atomic mass is 35.5. The van der Waals surface area contributed by atoms with Crippen LogP contribution in [0.5, 0.6) is 0 Å². The summed E-state index contributed by atoms with van der Waals surface area (Å²) in [6.07, 6.45) is -0.844. The summed E-state index contributed by atoms with van der Waals surface area (Å²) in [5.74, 6) is 5.52. The number of imidazole rings is 1. The highest BCUT2D eigenvalue weighted by molar-refractivity contribution is 7.89. The first-order chi connectivity index (χ1) is 15.2. The standard InChI is InChI=1S/C18H15ClF3N5O3S2/c1-30-6-2-3-12-13-11(19)7-10(32(28,29)26-18(9-20)4-5-18)8-27(13)15(23-12)17-25-24-16(31-17)14(21)22/h7-8,14,26H,4-6,9H2,1H3. The predicted octanol–water partition coefficient (Wildman–Crippen LogP) is 3.22. The number of halogens is 4. The van der Waals surface area contributed by atoms with E-state index in [-0.39, 0.29) is 38.6 Å². The van der Waals surface area contributed by atoms with Gasteiger partial charge in [0, 0.05) is 13.3 Å². The molecule has 0 aromatic carbocycles. The molecule has 8 nitrogen and oxygen atoms in total. The molecule has 1 aliphatic rings. The Bertz CT molecular complexity index is 1340. The van der Waals surface area contributed by atoms with E-state index in [4.69, 9.17) is 16.3 Å². The van der Waals surface area contributed by atoms with Crippen molar-refractivity contribution in [2.75, 3.05) is 20.4 Å². The normalized spacial score (nSPS) is 15.2. The lowest BCUT2D eigenvalue weighted by molar-refractivity contribution is 0.150. The van der Waals surface area contributed by atoms with Gasteiger partial charge in [0.1, 0.15) is 29.4 Å². The fourth-order valence-electron chi connectivity index (χ4n) is 2.89. The zero-order valence-corrected chi connectivity index (χ0v) is 18.8. The lowest BCUT2D eigenvalue weighted by Crippen LogP contribution is -2.38. The molecule has 0 aliphatic heterocycles. The smallest absolute Gasteiger partial charge is 0.291 e. The number of pyridine rings is 1. The van der Waals surface area contributed by atoms with E-state index in [9.17, 15) is 21.6 Å². The van der Waals surface area contributed by atoms with Crippen LogP contribution in [0.1, 0.15) is 30.0 Å². The van der Waals surface area contributed by atoms with Crippen LogP contribution in [0.4, 0.5) is 13.2 Å². The van der Waals surface area contributed by atoms with Crippen LogP contribution in [0.15, 0.2) is 17.2 Å². The minimum absolute atomic E-state index is 0.00274. The zero-order chi connectivity index (χ0) is 23.1. The summed E-state index contributed by atoms with van der Waals surface area (Å²) < 4.78 is 73.5. The summed E-state index contributed by atoms with van der Waals surface area (Å²) in [7, 11) is -2.67. The molecule has 0 unspecified atom stereocenters. The monoisotopic (exact) mass is 505 g/mol. The van der Waals surface area contributed by atoms with Gasteiger partial charge in [-0.25, -0.2) is 31.3 Å². The predicted molar refractivity (Wildman–Crippen MR) is 111 cm³/mol. The van der Waals surface area contributed by atoms with Crippen LogP contribution in [-0.2, 0) is 14.8 Å². The molecule has 32 heavy (non-hydrogen) atoms. The Kier molecular flexibility index (Phi) is 6.17. The minimum atomic E-state index is -4.13. The summed E-state index contributed by atoms with van der Waals surface area (Å²) in [6.45, 7) is -0.735. The summed E-state index contributed by atoms with van der Waals surface area (Å²) in [6, 6.07) is 1.20. The number of rotatable bonds is 7. The van der Waals surface area contributed by atoms with Gasteiger partial charge in [0.2, 0.25) is 10.0 Å². The van der Waals surface area contributed by atoms with Crippen molar-refractivity contribution in [1.29, 1.82) is 0 Å². The molecular weight excluding hydrogens is 491 g/mol. The van der Waals surface area contributed by atoms with E-state index in [0.29, 0.717) is 24.2 Å². The van der Waals surface area contributed by atoms with E-state index < -0.39 is 33.7 Å².